The first kappa shape index (κ1) is 70.3. The first-order valence-corrected chi connectivity index (χ1v) is 32.8. The summed E-state index contributed by atoms with van der Waals surface area (Å²) in [4.78, 5) is 109. The molecule has 4 heterocycles. The fourth-order valence-corrected chi connectivity index (χ4v) is 14.5. The Morgan fingerprint density at radius 2 is 1.35 bits per heavy atom. The van der Waals surface area contributed by atoms with Crippen molar-refractivity contribution in [2.24, 2.45) is 23.3 Å². The van der Waals surface area contributed by atoms with Gasteiger partial charge in [-0.3, -0.25) is 38.5 Å². The number of piperazine rings is 1. The Balaban J connectivity index is 0.930. The van der Waals surface area contributed by atoms with Gasteiger partial charge in [0, 0.05) is 102 Å². The Bertz CT molecular complexity index is 3070. The van der Waals surface area contributed by atoms with Crippen LogP contribution in [0.1, 0.15) is 100 Å². The molecular weight excluding hydrogens is 1200 g/mol. The van der Waals surface area contributed by atoms with Crippen molar-refractivity contribution in [2.45, 2.75) is 175 Å². The van der Waals surface area contributed by atoms with E-state index in [0.717, 1.165) is 78.5 Å². The second-order valence-electron chi connectivity index (χ2n) is 26.1. The second kappa shape index (κ2) is 31.5. The predicted octanol–water partition coefficient (Wildman–Crippen LogP) is -1.67. The number of ether oxygens (including phenoxy) is 2. The number of carbonyl (C=O) groups excluding carboxylic acids is 7. The molecule has 6 aliphatic rings. The van der Waals surface area contributed by atoms with Crippen molar-refractivity contribution < 1.29 is 78.8 Å². The van der Waals surface area contributed by atoms with E-state index in [0.29, 0.717) is 12.0 Å². The zero-order valence-corrected chi connectivity index (χ0v) is 53.3. The minimum Gasteiger partial charge on any atom is -0.504 e. The molecule has 0 radical (unpaired) electrons. The number of nitrogens with one attached hydrogen (secondary N) is 5. The summed E-state index contributed by atoms with van der Waals surface area (Å²) in [5.41, 5.74) is 14.6. The highest BCUT2D eigenvalue weighted by atomic mass is 16.5. The molecule has 16 N–H and O–H groups in total. The van der Waals surface area contributed by atoms with Crippen molar-refractivity contribution in [1.82, 2.24) is 41.3 Å². The summed E-state index contributed by atoms with van der Waals surface area (Å²) < 4.78 is 11.8. The maximum absolute atomic E-state index is 14.7. The van der Waals surface area contributed by atoms with E-state index in [4.69, 9.17) is 20.9 Å². The van der Waals surface area contributed by atoms with Gasteiger partial charge in [0.25, 0.3) is 5.91 Å². The number of nitrogens with two attached hydrogens (primary N) is 2. The Morgan fingerprint density at radius 3 is 1.99 bits per heavy atom. The summed E-state index contributed by atoms with van der Waals surface area (Å²) in [7, 11) is 1.90. The number of phenols is 1. The lowest BCUT2D eigenvalue weighted by Gasteiger charge is -2.47. The molecule has 27 nitrogen and oxygen atoms in total. The number of nitrogens with zero attached hydrogens (tertiary/aromatic N) is 4. The quantitative estimate of drug-likeness (QED) is 0.0719. The van der Waals surface area contributed by atoms with Crippen molar-refractivity contribution >= 4 is 47.0 Å². The maximum Gasteiger partial charge on any atom is 0.251 e. The zero-order chi connectivity index (χ0) is 66.8. The molecule has 0 unspecified atom stereocenters. The van der Waals surface area contributed by atoms with E-state index in [2.05, 4.69) is 48.5 Å². The highest BCUT2D eigenvalue weighted by molar-refractivity contribution is 6.00. The van der Waals surface area contributed by atoms with Crippen LogP contribution in [0.15, 0.2) is 66.7 Å². The van der Waals surface area contributed by atoms with Crippen molar-refractivity contribution in [2.75, 3.05) is 77.5 Å². The summed E-state index contributed by atoms with van der Waals surface area (Å²) >= 11 is 0. The zero-order valence-electron chi connectivity index (χ0n) is 53.3. The summed E-state index contributed by atoms with van der Waals surface area (Å²) in [5, 5.41) is 91.6. The van der Waals surface area contributed by atoms with Crippen LogP contribution in [0.25, 0.3) is 11.1 Å². The van der Waals surface area contributed by atoms with E-state index in [1.165, 1.54) is 50.8 Å². The number of methoxy groups -OCH3 is 1. The van der Waals surface area contributed by atoms with Crippen LogP contribution in [0.5, 0.6) is 11.5 Å². The third kappa shape index (κ3) is 16.5. The van der Waals surface area contributed by atoms with Crippen molar-refractivity contribution in [3.8, 4) is 22.6 Å². The van der Waals surface area contributed by atoms with Gasteiger partial charge in [-0.2, -0.15) is 0 Å². The van der Waals surface area contributed by atoms with Crippen molar-refractivity contribution in [3.63, 3.8) is 0 Å². The van der Waals surface area contributed by atoms with E-state index in [-0.39, 0.29) is 60.9 Å². The van der Waals surface area contributed by atoms with Crippen molar-refractivity contribution in [3.05, 3.63) is 77.9 Å². The van der Waals surface area contributed by atoms with Crippen molar-refractivity contribution in [1.29, 1.82) is 0 Å². The van der Waals surface area contributed by atoms with Crippen LogP contribution in [-0.2, 0) is 39.9 Å². The van der Waals surface area contributed by atoms with Gasteiger partial charge in [0.2, 0.25) is 35.4 Å². The molecule has 6 fully saturated rings. The molecule has 2 saturated carbocycles. The molecule has 0 spiro atoms. The molecular formula is C66H95N11O16. The van der Waals surface area contributed by atoms with Gasteiger partial charge in [0.05, 0.1) is 42.2 Å². The lowest BCUT2D eigenvalue weighted by molar-refractivity contribution is -0.147. The number of β-amino-alcohol motifs (C(OH)–C–C–N with tert-alkyl or cyclic N) is 1. The van der Waals surface area contributed by atoms with Gasteiger partial charge in [-0.1, -0.05) is 50.1 Å². The molecule has 2 aliphatic carbocycles. The molecule has 9 rings (SSSR count). The summed E-state index contributed by atoms with van der Waals surface area (Å²) in [5.74, 6) is -7.80. The molecule has 27 heteroatoms. The Labute approximate surface area is 541 Å². The fraction of sp³-hybridized carbons (Fsp3) is 0.621. The van der Waals surface area contributed by atoms with Gasteiger partial charge in [0.1, 0.15) is 42.9 Å². The minimum absolute atomic E-state index is 0.000367. The van der Waals surface area contributed by atoms with Gasteiger partial charge in [-0.25, -0.2) is 0 Å². The Kier molecular flexibility index (Phi) is 23.8. The average molecular weight is 1300 g/mol. The highest BCUT2D eigenvalue weighted by Crippen LogP contribution is 2.46. The molecule has 3 aromatic carbocycles. The largest absolute Gasteiger partial charge is 0.504 e. The first-order chi connectivity index (χ1) is 44.5. The standard InChI is InChI=1S/C66H95N11O16/c1-37-35-77-57(58(37)84)63(89)69-34-46(79)32-48(70-59(85)42-11-9-40(10-12-42)41-13-15-44(16-14-41)74-25-27-75(28-26-74)45-18-21-66(92-3,22-19-45)43-6-4-5-7-43)60(86)71-54(38(2)78)64(90)76-36-47(80)33-49(76)61(87)72-55(62(88)73-56(65(77)91)51(82)20-23-67)52(83)30-39-8-17-50(81)53(31-39)93-29-24-68/h8-17,31,37-38,43,45-49,51-52,54-58,78-84H,4-7,18-30,32-36,67-68H2,1-3H3,(H,69,89)(H,70,85)(H,71,86)(H,72,87)(H,73,88)/t37-,38+,45?,46+,47+,48-,49-,51+,52+,54-,55-,56-,57-,58-,66?/m0/s1. The fourth-order valence-electron chi connectivity index (χ4n) is 14.5. The Hall–Kier alpha value is -7.05. The number of carbonyl (C=O) groups is 7. The number of benzene rings is 3. The Morgan fingerprint density at radius 1 is 0.720 bits per heavy atom. The minimum atomic E-state index is -2.03. The normalized spacial score (nSPS) is 30.3. The third-order valence-corrected chi connectivity index (χ3v) is 19.9. The number of aromatic hydroxyl groups is 1. The molecule has 510 valence electrons. The molecule has 0 aromatic heterocycles. The van der Waals surface area contributed by atoms with Gasteiger partial charge >= 0.3 is 0 Å². The number of hydrogen-bond donors (Lipinski definition) is 14. The molecule has 4 saturated heterocycles. The molecule has 4 aliphatic heterocycles. The predicted molar refractivity (Wildman–Crippen MR) is 341 cm³/mol. The highest BCUT2D eigenvalue weighted by Gasteiger charge is 2.50. The smallest absolute Gasteiger partial charge is 0.251 e. The van der Waals surface area contributed by atoms with E-state index in [1.54, 1.807) is 31.2 Å². The van der Waals surface area contributed by atoms with E-state index < -0.39 is 152 Å². The number of fused-ring (bicyclic) bond motifs is 2. The van der Waals surface area contributed by atoms with Crippen LogP contribution >= 0.6 is 0 Å². The van der Waals surface area contributed by atoms with Crippen LogP contribution in [0, 0.1) is 11.8 Å². The van der Waals surface area contributed by atoms with Crippen LogP contribution in [0.2, 0.25) is 0 Å². The second-order valence-corrected chi connectivity index (χ2v) is 26.1. The third-order valence-electron chi connectivity index (χ3n) is 19.9. The molecule has 0 bridgehead atoms. The summed E-state index contributed by atoms with van der Waals surface area (Å²) in [6.45, 7) is 4.94. The van der Waals surface area contributed by atoms with Gasteiger partial charge in [-0.05, 0) is 117 Å². The van der Waals surface area contributed by atoms with E-state index in [9.17, 15) is 69.3 Å². The average Bonchev–Trinajstić information content (AvgIpc) is 1.80. The number of aliphatic hydroxyl groups excluding tert-OH is 6. The molecule has 3 aromatic rings. The molecule has 7 amide bonds. The SMILES string of the molecule is COC1(C2CCCC2)CCC(N2CCN(c3ccc(-c4ccc(C(=O)N[C@H]5C[C@@H](O)CNC(=O)[C@@H]6[C@@H](O)[C@@H](C)CN6C(=O)[C@H]([C@H](O)CCN)NC(=O)[C@H]([C@H](O)Cc6ccc(O)c(OCCN)c6)NC(=O)[C@@H]6C[C@@H](O)CN6C(=O)[C@H]([C@@H](C)O)NC5=O)cc4)cc3)CC2)CC1. The lowest BCUT2D eigenvalue weighted by atomic mass is 9.73. The summed E-state index contributed by atoms with van der Waals surface area (Å²) in [6.07, 6.45) is -1.98. The van der Waals surface area contributed by atoms with Gasteiger partial charge in [0.15, 0.2) is 11.5 Å². The van der Waals surface area contributed by atoms with Crippen LogP contribution < -0.4 is 47.7 Å². The van der Waals surface area contributed by atoms with E-state index in [1.807, 2.05) is 19.2 Å². The first-order valence-electron chi connectivity index (χ1n) is 32.8. The monoisotopic (exact) mass is 1300 g/mol. The number of amides is 7. The number of anilines is 1. The topological polar surface area (TPSA) is 405 Å². The lowest BCUT2D eigenvalue weighted by Crippen LogP contribution is -2.64. The van der Waals surface area contributed by atoms with Gasteiger partial charge < -0.3 is 98.0 Å². The maximum atomic E-state index is 14.7. The number of rotatable bonds is 17. The van der Waals surface area contributed by atoms with E-state index >= 15 is 0 Å². The van der Waals surface area contributed by atoms with Crippen LogP contribution in [-0.4, -0.2) is 249 Å². The molecule has 93 heavy (non-hydrogen) atoms. The number of hydrogen-bond acceptors (Lipinski definition) is 20. The van der Waals surface area contributed by atoms with Crippen LogP contribution in [0.4, 0.5) is 5.69 Å². The summed E-state index contributed by atoms with van der Waals surface area (Å²) in [6, 6.07) is 8.52. The number of aliphatic hydroxyl groups is 6. The van der Waals surface area contributed by atoms with Gasteiger partial charge in [-0.15, -0.1) is 0 Å². The van der Waals surface area contributed by atoms with Crippen LogP contribution in [0.3, 0.4) is 0 Å². The molecule has 13 atom stereocenters. The number of phenolic OH excluding ortho intramolecular Hbond substituents is 1.